The van der Waals surface area contributed by atoms with Gasteiger partial charge in [-0.3, -0.25) is 4.98 Å². The number of carbonyl (C=O) groups is 1. The monoisotopic (exact) mass is 261 g/mol. The number of amides is 2. The molecule has 0 saturated heterocycles. The highest BCUT2D eigenvalue weighted by Gasteiger charge is 2.23. The molecule has 2 amide bonds. The SMILES string of the molecule is O=C1N=C2C=CC(c3cccc4ncccc34)C=C2N1. The number of hydrogen-bond donors (Lipinski definition) is 1. The van der Waals surface area contributed by atoms with E-state index >= 15 is 0 Å². The van der Waals surface area contributed by atoms with Crippen molar-refractivity contribution in [2.45, 2.75) is 5.92 Å². The molecule has 4 nitrogen and oxygen atoms in total. The van der Waals surface area contributed by atoms with Crippen molar-refractivity contribution < 1.29 is 4.79 Å². The van der Waals surface area contributed by atoms with E-state index in [2.05, 4.69) is 33.5 Å². The predicted molar refractivity (Wildman–Crippen MR) is 77.7 cm³/mol. The minimum Gasteiger partial charge on any atom is -0.304 e. The van der Waals surface area contributed by atoms with Crippen molar-refractivity contribution in [3.05, 3.63) is 66.0 Å². The Balaban J connectivity index is 1.84. The molecule has 20 heavy (non-hydrogen) atoms. The van der Waals surface area contributed by atoms with Crippen LogP contribution in [-0.2, 0) is 0 Å². The van der Waals surface area contributed by atoms with Crippen LogP contribution in [-0.4, -0.2) is 16.7 Å². The molecule has 2 aromatic rings. The number of nitrogens with one attached hydrogen (secondary N) is 1. The second kappa shape index (κ2) is 4.13. The van der Waals surface area contributed by atoms with Crippen molar-refractivity contribution in [3.8, 4) is 0 Å². The summed E-state index contributed by atoms with van der Waals surface area (Å²) in [7, 11) is 0. The number of rotatable bonds is 1. The van der Waals surface area contributed by atoms with Crippen LogP contribution in [0, 0.1) is 0 Å². The van der Waals surface area contributed by atoms with Gasteiger partial charge in [0.05, 0.1) is 16.9 Å². The fourth-order valence-corrected chi connectivity index (χ4v) is 2.67. The second-order valence-corrected chi connectivity index (χ2v) is 4.81. The number of carbonyl (C=O) groups excluding carboxylic acids is 1. The molecular formula is C16H11N3O. The van der Waals surface area contributed by atoms with E-state index in [1.165, 1.54) is 5.56 Å². The highest BCUT2D eigenvalue weighted by molar-refractivity contribution is 6.19. The maximum absolute atomic E-state index is 11.3. The van der Waals surface area contributed by atoms with Crippen LogP contribution < -0.4 is 5.32 Å². The van der Waals surface area contributed by atoms with Gasteiger partial charge < -0.3 is 5.32 Å². The Labute approximate surface area is 115 Å². The van der Waals surface area contributed by atoms with Gasteiger partial charge in [0.2, 0.25) is 0 Å². The van der Waals surface area contributed by atoms with Gasteiger partial charge in [-0.05, 0) is 29.8 Å². The van der Waals surface area contributed by atoms with Gasteiger partial charge in [0, 0.05) is 17.5 Å². The molecule has 0 spiro atoms. The number of pyridine rings is 1. The minimum atomic E-state index is -0.295. The first-order chi connectivity index (χ1) is 9.81. The van der Waals surface area contributed by atoms with Gasteiger partial charge in [-0.2, -0.15) is 4.99 Å². The van der Waals surface area contributed by atoms with Crippen molar-refractivity contribution in [1.82, 2.24) is 10.3 Å². The summed E-state index contributed by atoms with van der Waals surface area (Å²) in [5, 5.41) is 3.89. The lowest BCUT2D eigenvalue weighted by molar-refractivity contribution is 0.253. The zero-order valence-electron chi connectivity index (χ0n) is 10.6. The van der Waals surface area contributed by atoms with Gasteiger partial charge in [-0.25, -0.2) is 4.79 Å². The van der Waals surface area contributed by atoms with Crippen LogP contribution in [0.1, 0.15) is 11.5 Å². The molecule has 96 valence electrons. The third-order valence-corrected chi connectivity index (χ3v) is 3.59. The second-order valence-electron chi connectivity index (χ2n) is 4.81. The van der Waals surface area contributed by atoms with Crippen molar-refractivity contribution in [2.75, 3.05) is 0 Å². The molecule has 1 aromatic carbocycles. The summed E-state index contributed by atoms with van der Waals surface area (Å²) in [5.41, 5.74) is 3.67. The van der Waals surface area contributed by atoms with Crippen molar-refractivity contribution in [3.63, 3.8) is 0 Å². The summed E-state index contributed by atoms with van der Waals surface area (Å²) >= 11 is 0. The number of aliphatic imine (C=N–C) groups is 1. The largest absolute Gasteiger partial charge is 0.346 e. The van der Waals surface area contributed by atoms with E-state index in [-0.39, 0.29) is 11.9 Å². The molecule has 1 unspecified atom stereocenters. The van der Waals surface area contributed by atoms with E-state index in [1.807, 2.05) is 30.4 Å². The Morgan fingerprint density at radius 1 is 1.15 bits per heavy atom. The molecule has 2 aliphatic rings. The lowest BCUT2D eigenvalue weighted by Crippen LogP contribution is -2.17. The molecule has 0 bridgehead atoms. The minimum absolute atomic E-state index is 0.121. The molecule has 2 heterocycles. The van der Waals surface area contributed by atoms with Crippen LogP contribution >= 0.6 is 0 Å². The summed E-state index contributed by atoms with van der Waals surface area (Å²) in [6, 6.07) is 9.82. The van der Waals surface area contributed by atoms with Crippen LogP contribution in [0.5, 0.6) is 0 Å². The zero-order valence-corrected chi connectivity index (χ0v) is 10.6. The standard InChI is InChI=1S/C16H11N3O/c20-16-18-14-7-6-10(9-15(14)19-16)11-3-1-5-13-12(11)4-2-8-17-13/h1-10H,(H,19,20). The van der Waals surface area contributed by atoms with E-state index in [9.17, 15) is 4.79 Å². The fourth-order valence-electron chi connectivity index (χ4n) is 2.67. The van der Waals surface area contributed by atoms with E-state index in [0.29, 0.717) is 5.71 Å². The van der Waals surface area contributed by atoms with Gasteiger partial charge in [0.1, 0.15) is 0 Å². The molecule has 1 aromatic heterocycles. The summed E-state index contributed by atoms with van der Waals surface area (Å²) in [6.07, 6.45) is 7.78. The van der Waals surface area contributed by atoms with E-state index in [1.54, 1.807) is 6.20 Å². The quantitative estimate of drug-likeness (QED) is 0.858. The maximum Gasteiger partial charge on any atom is 0.346 e. The van der Waals surface area contributed by atoms with Crippen LogP contribution in [0.4, 0.5) is 4.79 Å². The van der Waals surface area contributed by atoms with Crippen LogP contribution in [0.15, 0.2) is 65.4 Å². The molecule has 4 heteroatoms. The highest BCUT2D eigenvalue weighted by Crippen LogP contribution is 2.30. The first-order valence-electron chi connectivity index (χ1n) is 6.45. The molecule has 0 saturated carbocycles. The average molecular weight is 261 g/mol. The van der Waals surface area contributed by atoms with Crippen LogP contribution in [0.2, 0.25) is 0 Å². The van der Waals surface area contributed by atoms with Gasteiger partial charge >= 0.3 is 6.03 Å². The molecule has 1 aliphatic carbocycles. The number of allylic oxidation sites excluding steroid dienone is 3. The van der Waals surface area contributed by atoms with Gasteiger partial charge in [0.15, 0.2) is 0 Å². The number of hydrogen-bond acceptors (Lipinski definition) is 2. The maximum atomic E-state index is 11.3. The van der Waals surface area contributed by atoms with Crippen molar-refractivity contribution in [1.29, 1.82) is 0 Å². The number of fused-ring (bicyclic) bond motifs is 2. The summed E-state index contributed by atoms with van der Waals surface area (Å²) < 4.78 is 0. The van der Waals surface area contributed by atoms with Gasteiger partial charge in [-0.15, -0.1) is 0 Å². The zero-order chi connectivity index (χ0) is 13.5. The lowest BCUT2D eigenvalue weighted by Gasteiger charge is -2.16. The molecule has 1 aliphatic heterocycles. The van der Waals surface area contributed by atoms with E-state index < -0.39 is 0 Å². The Bertz CT molecular complexity index is 812. The summed E-state index contributed by atoms with van der Waals surface area (Å²) in [4.78, 5) is 19.6. The molecule has 4 rings (SSSR count). The normalized spacial score (nSPS) is 20.4. The Morgan fingerprint density at radius 3 is 3.05 bits per heavy atom. The van der Waals surface area contributed by atoms with E-state index in [4.69, 9.17) is 0 Å². The van der Waals surface area contributed by atoms with Crippen molar-refractivity contribution >= 4 is 22.6 Å². The number of urea groups is 1. The van der Waals surface area contributed by atoms with Gasteiger partial charge in [-0.1, -0.05) is 24.3 Å². The molecule has 1 atom stereocenters. The Morgan fingerprint density at radius 2 is 2.10 bits per heavy atom. The van der Waals surface area contributed by atoms with Crippen LogP contribution in [0.3, 0.4) is 0 Å². The smallest absolute Gasteiger partial charge is 0.304 e. The summed E-state index contributed by atoms with van der Waals surface area (Å²) in [5.74, 6) is 0.121. The van der Waals surface area contributed by atoms with Crippen LogP contribution in [0.25, 0.3) is 10.9 Å². The first kappa shape index (κ1) is 11.1. The Hall–Kier alpha value is -2.75. The number of aromatic nitrogens is 1. The number of nitrogens with zero attached hydrogens (tertiary/aromatic N) is 2. The predicted octanol–water partition coefficient (Wildman–Crippen LogP) is 2.94. The topological polar surface area (TPSA) is 54.4 Å². The Kier molecular flexibility index (Phi) is 2.29. The molecule has 0 fully saturated rings. The lowest BCUT2D eigenvalue weighted by atomic mass is 9.90. The van der Waals surface area contributed by atoms with Gasteiger partial charge in [0.25, 0.3) is 0 Å². The highest BCUT2D eigenvalue weighted by atomic mass is 16.2. The average Bonchev–Trinajstić information content (AvgIpc) is 2.85. The number of benzene rings is 1. The van der Waals surface area contributed by atoms with Crippen molar-refractivity contribution in [2.24, 2.45) is 4.99 Å². The fraction of sp³-hybridized carbons (Fsp3) is 0.0625. The first-order valence-corrected chi connectivity index (χ1v) is 6.45. The third-order valence-electron chi connectivity index (χ3n) is 3.59. The van der Waals surface area contributed by atoms with E-state index in [0.717, 1.165) is 16.6 Å². The third kappa shape index (κ3) is 1.66. The molecular weight excluding hydrogens is 250 g/mol. The summed E-state index contributed by atoms with van der Waals surface area (Å²) in [6.45, 7) is 0. The molecule has 1 N–H and O–H groups in total. The molecule has 0 radical (unpaired) electrons.